The Bertz CT molecular complexity index is 915. The van der Waals surface area contributed by atoms with E-state index in [-0.39, 0.29) is 11.5 Å². The summed E-state index contributed by atoms with van der Waals surface area (Å²) in [6.45, 7) is 0. The van der Waals surface area contributed by atoms with Crippen molar-refractivity contribution in [3.63, 3.8) is 0 Å². The quantitative estimate of drug-likeness (QED) is 0.730. The number of nitrogens with one attached hydrogen (secondary N) is 1. The van der Waals surface area contributed by atoms with E-state index in [4.69, 9.17) is 16.9 Å². The molecule has 116 valence electrons. The van der Waals surface area contributed by atoms with Crippen molar-refractivity contribution in [1.29, 1.82) is 5.26 Å². The molecule has 24 heavy (non-hydrogen) atoms. The van der Waals surface area contributed by atoms with Gasteiger partial charge in [0.15, 0.2) is 0 Å². The van der Waals surface area contributed by atoms with Gasteiger partial charge in [0.25, 0.3) is 0 Å². The van der Waals surface area contributed by atoms with Gasteiger partial charge < -0.3 is 5.32 Å². The van der Waals surface area contributed by atoms with E-state index in [1.165, 1.54) is 6.20 Å². The van der Waals surface area contributed by atoms with Gasteiger partial charge in [0, 0.05) is 22.5 Å². The number of rotatable bonds is 4. The second kappa shape index (κ2) is 6.90. The van der Waals surface area contributed by atoms with Gasteiger partial charge in [0.1, 0.15) is 5.69 Å². The first-order chi connectivity index (χ1) is 11.7. The zero-order valence-corrected chi connectivity index (χ0v) is 13.2. The summed E-state index contributed by atoms with van der Waals surface area (Å²) >= 11 is 5.83. The molecule has 0 fully saturated rings. The van der Waals surface area contributed by atoms with Crippen LogP contribution < -0.4 is 5.32 Å². The number of anilines is 2. The standard InChI is InChI=1S/C18H11ClN4O/c19-14-5-3-13(4-6-14)17(24)16-9-10-21-18(23-16)22-15-7-1-12(11-20)2-8-15/h1-10H,(H,21,22,23). The minimum absolute atomic E-state index is 0.211. The van der Waals surface area contributed by atoms with Gasteiger partial charge in [-0.1, -0.05) is 11.6 Å². The summed E-state index contributed by atoms with van der Waals surface area (Å²) in [7, 11) is 0. The van der Waals surface area contributed by atoms with Crippen LogP contribution >= 0.6 is 11.6 Å². The van der Waals surface area contributed by atoms with Crippen molar-refractivity contribution in [3.05, 3.63) is 82.6 Å². The SMILES string of the molecule is N#Cc1ccc(Nc2nccc(C(=O)c3ccc(Cl)cc3)n2)cc1. The second-order valence-electron chi connectivity index (χ2n) is 4.92. The number of carbonyl (C=O) groups excluding carboxylic acids is 1. The lowest BCUT2D eigenvalue weighted by Crippen LogP contribution is -2.07. The fourth-order valence-electron chi connectivity index (χ4n) is 2.05. The van der Waals surface area contributed by atoms with E-state index in [0.717, 1.165) is 5.69 Å². The number of benzene rings is 2. The van der Waals surface area contributed by atoms with E-state index >= 15 is 0 Å². The highest BCUT2D eigenvalue weighted by molar-refractivity contribution is 6.30. The third-order valence-corrected chi connectivity index (χ3v) is 3.52. The van der Waals surface area contributed by atoms with Crippen molar-refractivity contribution in [1.82, 2.24) is 9.97 Å². The van der Waals surface area contributed by atoms with Gasteiger partial charge >= 0.3 is 0 Å². The molecule has 3 rings (SSSR count). The fourth-order valence-corrected chi connectivity index (χ4v) is 2.18. The molecule has 0 unspecified atom stereocenters. The third kappa shape index (κ3) is 3.57. The largest absolute Gasteiger partial charge is 0.324 e. The first-order valence-corrected chi connectivity index (χ1v) is 7.44. The maximum absolute atomic E-state index is 12.4. The smallest absolute Gasteiger partial charge is 0.227 e. The molecule has 0 aliphatic rings. The van der Waals surface area contributed by atoms with Crippen LogP contribution in [0.5, 0.6) is 0 Å². The molecule has 0 saturated carbocycles. The summed E-state index contributed by atoms with van der Waals surface area (Å²) < 4.78 is 0. The number of ketones is 1. The molecule has 1 heterocycles. The molecule has 0 atom stereocenters. The molecule has 0 spiro atoms. The molecule has 6 heteroatoms. The highest BCUT2D eigenvalue weighted by Crippen LogP contribution is 2.16. The van der Waals surface area contributed by atoms with Crippen molar-refractivity contribution < 1.29 is 4.79 Å². The molecular weight excluding hydrogens is 324 g/mol. The average molecular weight is 335 g/mol. The van der Waals surface area contributed by atoms with Crippen LogP contribution in [0.1, 0.15) is 21.6 Å². The number of nitriles is 1. The Labute approximate surface area is 143 Å². The first kappa shape index (κ1) is 15.7. The summed E-state index contributed by atoms with van der Waals surface area (Å²) in [4.78, 5) is 20.8. The number of carbonyl (C=O) groups is 1. The van der Waals surface area contributed by atoms with Gasteiger partial charge in [-0.05, 0) is 54.6 Å². The molecule has 0 aliphatic carbocycles. The molecule has 0 saturated heterocycles. The number of nitrogens with zero attached hydrogens (tertiary/aromatic N) is 3. The maximum Gasteiger partial charge on any atom is 0.227 e. The van der Waals surface area contributed by atoms with Gasteiger partial charge in [0.2, 0.25) is 11.7 Å². The summed E-state index contributed by atoms with van der Waals surface area (Å²) in [6.07, 6.45) is 1.52. The fraction of sp³-hybridized carbons (Fsp3) is 0. The lowest BCUT2D eigenvalue weighted by Gasteiger charge is -2.06. The first-order valence-electron chi connectivity index (χ1n) is 7.06. The van der Waals surface area contributed by atoms with Gasteiger partial charge in [0.05, 0.1) is 11.6 Å². The Morgan fingerprint density at radius 3 is 2.42 bits per heavy atom. The highest BCUT2D eigenvalue weighted by atomic mass is 35.5. The molecule has 0 amide bonds. The summed E-state index contributed by atoms with van der Waals surface area (Å²) in [5, 5.41) is 12.4. The van der Waals surface area contributed by atoms with Crippen LogP contribution in [0.4, 0.5) is 11.6 Å². The van der Waals surface area contributed by atoms with Gasteiger partial charge in [-0.25, -0.2) is 9.97 Å². The van der Waals surface area contributed by atoms with Gasteiger partial charge in [-0.2, -0.15) is 5.26 Å². The summed E-state index contributed by atoms with van der Waals surface area (Å²) in [5.74, 6) is 0.0940. The van der Waals surface area contributed by atoms with Crippen molar-refractivity contribution in [2.75, 3.05) is 5.32 Å². The molecule has 0 aliphatic heterocycles. The molecule has 0 bridgehead atoms. The van der Waals surface area contributed by atoms with E-state index in [2.05, 4.69) is 21.4 Å². The van der Waals surface area contributed by atoms with Gasteiger partial charge in [-0.15, -0.1) is 0 Å². The second-order valence-corrected chi connectivity index (χ2v) is 5.35. The van der Waals surface area contributed by atoms with E-state index in [9.17, 15) is 4.79 Å². The molecule has 2 aromatic carbocycles. The van der Waals surface area contributed by atoms with E-state index in [1.807, 2.05) is 0 Å². The third-order valence-electron chi connectivity index (χ3n) is 3.26. The normalized spacial score (nSPS) is 10.0. The van der Waals surface area contributed by atoms with E-state index in [0.29, 0.717) is 22.1 Å². The van der Waals surface area contributed by atoms with E-state index in [1.54, 1.807) is 54.6 Å². The lowest BCUT2D eigenvalue weighted by molar-refractivity contribution is 0.103. The Kier molecular flexibility index (Phi) is 4.50. The Morgan fingerprint density at radius 2 is 1.75 bits per heavy atom. The van der Waals surface area contributed by atoms with Crippen LogP contribution in [0.3, 0.4) is 0 Å². The van der Waals surface area contributed by atoms with Crippen molar-refractivity contribution in [2.24, 2.45) is 0 Å². The van der Waals surface area contributed by atoms with Crippen molar-refractivity contribution in [3.8, 4) is 6.07 Å². The molecule has 5 nitrogen and oxygen atoms in total. The van der Waals surface area contributed by atoms with Crippen LogP contribution in [-0.4, -0.2) is 15.8 Å². The predicted octanol–water partition coefficient (Wildman–Crippen LogP) is 3.98. The summed E-state index contributed by atoms with van der Waals surface area (Å²) in [6, 6.07) is 17.1. The maximum atomic E-state index is 12.4. The Hall–Kier alpha value is -3.23. The topological polar surface area (TPSA) is 78.7 Å². The average Bonchev–Trinajstić information content (AvgIpc) is 2.63. The minimum atomic E-state index is -0.211. The summed E-state index contributed by atoms with van der Waals surface area (Å²) in [5.41, 5.74) is 2.07. The number of aromatic nitrogens is 2. The predicted molar refractivity (Wildman–Crippen MR) is 91.4 cm³/mol. The lowest BCUT2D eigenvalue weighted by atomic mass is 10.1. The zero-order valence-electron chi connectivity index (χ0n) is 12.4. The zero-order chi connectivity index (χ0) is 16.9. The van der Waals surface area contributed by atoms with Crippen LogP contribution in [0.15, 0.2) is 60.8 Å². The number of hydrogen-bond acceptors (Lipinski definition) is 5. The molecule has 3 aromatic rings. The van der Waals surface area contributed by atoms with E-state index < -0.39 is 0 Å². The van der Waals surface area contributed by atoms with Crippen molar-refractivity contribution >= 4 is 29.0 Å². The van der Waals surface area contributed by atoms with Crippen LogP contribution in [0.25, 0.3) is 0 Å². The Balaban J connectivity index is 1.82. The number of hydrogen-bond donors (Lipinski definition) is 1. The molecular formula is C18H11ClN4O. The van der Waals surface area contributed by atoms with Crippen LogP contribution in [0, 0.1) is 11.3 Å². The Morgan fingerprint density at radius 1 is 1.04 bits per heavy atom. The minimum Gasteiger partial charge on any atom is -0.324 e. The number of halogens is 1. The van der Waals surface area contributed by atoms with Crippen LogP contribution in [0.2, 0.25) is 5.02 Å². The molecule has 1 aromatic heterocycles. The van der Waals surface area contributed by atoms with Crippen molar-refractivity contribution in [2.45, 2.75) is 0 Å². The monoisotopic (exact) mass is 334 g/mol. The van der Waals surface area contributed by atoms with Gasteiger partial charge in [-0.3, -0.25) is 4.79 Å². The molecule has 1 N–H and O–H groups in total. The highest BCUT2D eigenvalue weighted by Gasteiger charge is 2.11. The van der Waals surface area contributed by atoms with Crippen LogP contribution in [-0.2, 0) is 0 Å². The molecule has 0 radical (unpaired) electrons.